The van der Waals surface area contributed by atoms with Crippen LogP contribution in [0.25, 0.3) is 0 Å². The number of carbonyl (C=O) groups is 2. The van der Waals surface area contributed by atoms with Gasteiger partial charge in [-0.3, -0.25) is 4.79 Å². The van der Waals surface area contributed by atoms with E-state index in [2.05, 4.69) is 0 Å². The van der Waals surface area contributed by atoms with Gasteiger partial charge in [-0.1, -0.05) is 92.7 Å². The molecule has 0 saturated carbocycles. The first-order valence-electron chi connectivity index (χ1n) is 9.53. The van der Waals surface area contributed by atoms with Crippen molar-refractivity contribution < 1.29 is 19.1 Å². The smallest absolute Gasteiger partial charge is 0.338 e. The number of esters is 2. The zero-order chi connectivity index (χ0) is 20.9. The van der Waals surface area contributed by atoms with E-state index in [4.69, 9.17) is 9.47 Å². The Balaban J connectivity index is 0.000000212. The molecule has 150 valence electrons. The van der Waals surface area contributed by atoms with Gasteiger partial charge in [0.25, 0.3) is 0 Å². The Morgan fingerprint density at radius 2 is 1.07 bits per heavy atom. The minimum Gasteiger partial charge on any atom is -0.461 e. The molecule has 0 N–H and O–H groups in total. The van der Waals surface area contributed by atoms with Gasteiger partial charge >= 0.3 is 11.9 Å². The lowest BCUT2D eigenvalue weighted by molar-refractivity contribution is -0.148. The van der Waals surface area contributed by atoms with Crippen molar-refractivity contribution in [1.29, 1.82) is 0 Å². The van der Waals surface area contributed by atoms with Crippen LogP contribution in [0.1, 0.15) is 35.3 Å². The summed E-state index contributed by atoms with van der Waals surface area (Å²) in [6.45, 7) is 4.34. The lowest BCUT2D eigenvalue weighted by Gasteiger charge is -2.06. The third kappa shape index (κ3) is 8.43. The minimum absolute atomic E-state index is 0.0521. The van der Waals surface area contributed by atoms with Crippen LogP contribution in [0.2, 0.25) is 0 Å². The monoisotopic (exact) mass is 390 g/mol. The first-order chi connectivity index (χ1) is 14.1. The summed E-state index contributed by atoms with van der Waals surface area (Å²) in [5, 5.41) is 0. The zero-order valence-electron chi connectivity index (χ0n) is 16.8. The average molecular weight is 390 g/mol. The summed E-state index contributed by atoms with van der Waals surface area (Å²) in [7, 11) is 0. The second-order valence-electron chi connectivity index (χ2n) is 6.68. The highest BCUT2D eigenvalue weighted by atomic mass is 16.5. The normalized spacial score (nSPS) is 9.90. The fraction of sp³-hybridized carbons (Fsp3) is 0.200. The molecule has 0 heterocycles. The van der Waals surface area contributed by atoms with Gasteiger partial charge in [-0.25, -0.2) is 4.79 Å². The van der Waals surface area contributed by atoms with Crippen molar-refractivity contribution in [3.05, 3.63) is 108 Å². The van der Waals surface area contributed by atoms with Crippen LogP contribution in [0.15, 0.2) is 91.0 Å². The number of rotatable bonds is 6. The first kappa shape index (κ1) is 21.9. The van der Waals surface area contributed by atoms with E-state index in [9.17, 15) is 9.59 Å². The van der Waals surface area contributed by atoms with Gasteiger partial charge in [0.2, 0.25) is 0 Å². The SMILES string of the molecule is CC(C)C(=O)OCc1ccccc1.O=C(OCc1ccccc1)c1ccccc1. The molecule has 0 bridgehead atoms. The van der Waals surface area contributed by atoms with Gasteiger partial charge in [0, 0.05) is 0 Å². The maximum atomic E-state index is 11.6. The third-order valence-corrected chi connectivity index (χ3v) is 3.92. The van der Waals surface area contributed by atoms with Crippen LogP contribution in [0.3, 0.4) is 0 Å². The molecule has 0 aliphatic carbocycles. The molecule has 0 aromatic heterocycles. The third-order valence-electron chi connectivity index (χ3n) is 3.92. The van der Waals surface area contributed by atoms with E-state index in [1.807, 2.05) is 92.7 Å². The van der Waals surface area contributed by atoms with E-state index in [0.717, 1.165) is 11.1 Å². The number of benzene rings is 3. The van der Waals surface area contributed by atoms with E-state index in [1.165, 1.54) is 0 Å². The standard InChI is InChI=1S/C14H12O2.C11H14O2/c15-14(13-9-5-2-6-10-13)16-11-12-7-3-1-4-8-12;1-9(2)11(12)13-8-10-6-4-3-5-7-10/h1-10H,11H2;3-7,9H,8H2,1-2H3. The molecular weight excluding hydrogens is 364 g/mol. The molecule has 3 aromatic rings. The zero-order valence-corrected chi connectivity index (χ0v) is 16.8. The molecule has 0 radical (unpaired) electrons. The molecule has 29 heavy (non-hydrogen) atoms. The van der Waals surface area contributed by atoms with Gasteiger partial charge in [-0.2, -0.15) is 0 Å². The molecule has 0 spiro atoms. The quantitative estimate of drug-likeness (QED) is 0.527. The fourth-order valence-electron chi connectivity index (χ4n) is 2.28. The summed E-state index contributed by atoms with van der Waals surface area (Å²) in [5.41, 5.74) is 2.60. The topological polar surface area (TPSA) is 52.6 Å². The van der Waals surface area contributed by atoms with Crippen molar-refractivity contribution >= 4 is 11.9 Å². The van der Waals surface area contributed by atoms with Gasteiger partial charge in [0.05, 0.1) is 11.5 Å². The van der Waals surface area contributed by atoms with Crippen LogP contribution in [-0.2, 0) is 27.5 Å². The van der Waals surface area contributed by atoms with Gasteiger partial charge < -0.3 is 9.47 Å². The Morgan fingerprint density at radius 1 is 0.655 bits per heavy atom. The molecule has 0 saturated heterocycles. The van der Waals surface area contributed by atoms with Crippen molar-refractivity contribution in [2.75, 3.05) is 0 Å². The average Bonchev–Trinajstić information content (AvgIpc) is 2.78. The molecule has 0 fully saturated rings. The van der Waals surface area contributed by atoms with Crippen LogP contribution in [-0.4, -0.2) is 11.9 Å². The van der Waals surface area contributed by atoms with Crippen molar-refractivity contribution in [3.8, 4) is 0 Å². The van der Waals surface area contributed by atoms with Crippen molar-refractivity contribution in [1.82, 2.24) is 0 Å². The van der Waals surface area contributed by atoms with Crippen molar-refractivity contribution in [2.24, 2.45) is 5.92 Å². The highest BCUT2D eigenvalue weighted by Gasteiger charge is 2.07. The molecule has 3 aromatic carbocycles. The minimum atomic E-state index is -0.288. The Morgan fingerprint density at radius 3 is 1.52 bits per heavy atom. The Bertz CT molecular complexity index is 859. The molecule has 0 atom stereocenters. The molecule has 4 heteroatoms. The molecule has 0 amide bonds. The van der Waals surface area contributed by atoms with Crippen LogP contribution in [0, 0.1) is 5.92 Å². The Labute approximate surface area is 172 Å². The lowest BCUT2D eigenvalue weighted by Crippen LogP contribution is -2.11. The van der Waals surface area contributed by atoms with Crippen LogP contribution in [0.5, 0.6) is 0 Å². The first-order valence-corrected chi connectivity index (χ1v) is 9.53. The summed E-state index contributed by atoms with van der Waals surface area (Å²) in [6.07, 6.45) is 0. The molecule has 0 aliphatic rings. The van der Waals surface area contributed by atoms with Crippen molar-refractivity contribution in [3.63, 3.8) is 0 Å². The lowest BCUT2D eigenvalue weighted by atomic mass is 10.2. The predicted octanol–water partition coefficient (Wildman–Crippen LogP) is 5.43. The predicted molar refractivity (Wildman–Crippen MR) is 113 cm³/mol. The van der Waals surface area contributed by atoms with E-state index >= 15 is 0 Å². The highest BCUT2D eigenvalue weighted by molar-refractivity contribution is 5.89. The van der Waals surface area contributed by atoms with Crippen LogP contribution < -0.4 is 0 Å². The summed E-state index contributed by atoms with van der Waals surface area (Å²) in [4.78, 5) is 22.7. The molecule has 3 rings (SSSR count). The summed E-state index contributed by atoms with van der Waals surface area (Å²) >= 11 is 0. The molecule has 0 unspecified atom stereocenters. The van der Waals surface area contributed by atoms with E-state index in [0.29, 0.717) is 18.8 Å². The molecular formula is C25H26O4. The van der Waals surface area contributed by atoms with E-state index < -0.39 is 0 Å². The van der Waals surface area contributed by atoms with E-state index in [-0.39, 0.29) is 17.9 Å². The van der Waals surface area contributed by atoms with Crippen LogP contribution >= 0.6 is 0 Å². The van der Waals surface area contributed by atoms with Gasteiger partial charge in [-0.15, -0.1) is 0 Å². The van der Waals surface area contributed by atoms with Crippen molar-refractivity contribution in [2.45, 2.75) is 27.1 Å². The number of hydrogen-bond acceptors (Lipinski definition) is 4. The second kappa shape index (κ2) is 12.1. The Kier molecular flexibility index (Phi) is 9.16. The van der Waals surface area contributed by atoms with Gasteiger partial charge in [0.15, 0.2) is 0 Å². The van der Waals surface area contributed by atoms with Crippen LogP contribution in [0.4, 0.5) is 0 Å². The number of ether oxygens (including phenoxy) is 2. The van der Waals surface area contributed by atoms with Gasteiger partial charge in [-0.05, 0) is 23.3 Å². The van der Waals surface area contributed by atoms with Gasteiger partial charge in [0.1, 0.15) is 13.2 Å². The Hall–Kier alpha value is -3.40. The summed E-state index contributed by atoms with van der Waals surface area (Å²) in [5.74, 6) is -0.489. The highest BCUT2D eigenvalue weighted by Crippen LogP contribution is 2.06. The fourth-order valence-corrected chi connectivity index (χ4v) is 2.28. The summed E-state index contributed by atoms with van der Waals surface area (Å²) in [6, 6.07) is 28.3. The molecule has 4 nitrogen and oxygen atoms in total. The second-order valence-corrected chi connectivity index (χ2v) is 6.68. The molecule has 0 aliphatic heterocycles. The van der Waals surface area contributed by atoms with E-state index in [1.54, 1.807) is 12.1 Å². The maximum absolute atomic E-state index is 11.6. The number of hydrogen-bond donors (Lipinski definition) is 0. The number of carbonyl (C=O) groups excluding carboxylic acids is 2. The largest absolute Gasteiger partial charge is 0.461 e. The summed E-state index contributed by atoms with van der Waals surface area (Å²) < 4.78 is 10.2. The maximum Gasteiger partial charge on any atom is 0.338 e.